The van der Waals surface area contributed by atoms with Crippen molar-refractivity contribution in [2.24, 2.45) is 0 Å². The molecule has 0 amide bonds. The van der Waals surface area contributed by atoms with Crippen LogP contribution in [0.5, 0.6) is 0 Å². The maximum absolute atomic E-state index is 12.0. The Morgan fingerprint density at radius 3 is 2.77 bits per heavy atom. The van der Waals surface area contributed by atoms with E-state index in [9.17, 15) is 9.59 Å². The predicted molar refractivity (Wildman–Crippen MR) is 81.9 cm³/mol. The summed E-state index contributed by atoms with van der Waals surface area (Å²) in [5.74, 6) is -2.25. The number of thiazole rings is 1. The van der Waals surface area contributed by atoms with Gasteiger partial charge in [-0.15, -0.1) is 11.3 Å². The Kier molecular flexibility index (Phi) is 5.26. The van der Waals surface area contributed by atoms with Crippen LogP contribution < -0.4 is 0 Å². The first kappa shape index (κ1) is 16.1. The van der Waals surface area contributed by atoms with E-state index in [0.29, 0.717) is 5.01 Å². The molecule has 1 atom stereocenters. The van der Waals surface area contributed by atoms with Gasteiger partial charge < -0.3 is 4.74 Å². The number of aromatic nitrogens is 1. The molecule has 0 aliphatic heterocycles. The molecule has 0 fully saturated rings. The van der Waals surface area contributed by atoms with E-state index in [1.807, 2.05) is 6.07 Å². The van der Waals surface area contributed by atoms with Gasteiger partial charge in [-0.1, -0.05) is 23.7 Å². The molecule has 2 aromatic rings. The Morgan fingerprint density at radius 2 is 2.18 bits per heavy atom. The molecule has 1 heterocycles. The van der Waals surface area contributed by atoms with Crippen molar-refractivity contribution < 1.29 is 14.3 Å². The van der Waals surface area contributed by atoms with Crippen molar-refractivity contribution in [1.82, 2.24) is 4.98 Å². The van der Waals surface area contributed by atoms with Gasteiger partial charge in [-0.25, -0.2) is 9.78 Å². The largest absolute Gasteiger partial charge is 0.454 e. The van der Waals surface area contributed by atoms with Crippen LogP contribution in [0.15, 0.2) is 29.6 Å². The fourth-order valence-corrected chi connectivity index (χ4v) is 2.77. The molecule has 112 valence electrons. The number of ketones is 1. The van der Waals surface area contributed by atoms with Gasteiger partial charge in [-0.2, -0.15) is 5.26 Å². The Labute approximate surface area is 136 Å². The number of carbonyl (C=O) groups is 2. The normalized spacial score (nSPS) is 11.5. The van der Waals surface area contributed by atoms with Crippen molar-refractivity contribution >= 4 is 34.7 Å². The Morgan fingerprint density at radius 1 is 1.45 bits per heavy atom. The van der Waals surface area contributed by atoms with Gasteiger partial charge in [0.25, 0.3) is 0 Å². The highest BCUT2D eigenvalue weighted by atomic mass is 35.5. The lowest BCUT2D eigenvalue weighted by molar-refractivity contribution is -0.122. The maximum atomic E-state index is 12.0. The highest BCUT2D eigenvalue weighted by Crippen LogP contribution is 2.21. The number of carbonyl (C=O) groups excluding carboxylic acids is 2. The standard InChI is InChI=1S/C15H11ClN2O3S/c1-9-8-22-14(18-9)11(6-17)13(19)7-21-15(20)10-4-2-3-5-12(10)16/h2-5,8,11H,7H2,1H3/t11-/m1/s1. The summed E-state index contributed by atoms with van der Waals surface area (Å²) >= 11 is 7.10. The summed E-state index contributed by atoms with van der Waals surface area (Å²) in [4.78, 5) is 28.0. The highest BCUT2D eigenvalue weighted by molar-refractivity contribution is 7.09. The zero-order chi connectivity index (χ0) is 16.1. The van der Waals surface area contributed by atoms with E-state index in [1.54, 1.807) is 30.5 Å². The van der Waals surface area contributed by atoms with Crippen LogP contribution in [0.4, 0.5) is 0 Å². The summed E-state index contributed by atoms with van der Waals surface area (Å²) in [5, 5.41) is 11.5. The zero-order valence-electron chi connectivity index (χ0n) is 11.6. The number of Topliss-reactive ketones (excluding diaryl/α,β-unsaturated/α-hetero) is 1. The number of hydrogen-bond acceptors (Lipinski definition) is 6. The average molecular weight is 335 g/mol. The lowest BCUT2D eigenvalue weighted by Gasteiger charge is -2.07. The van der Waals surface area contributed by atoms with Crippen molar-refractivity contribution in [3.63, 3.8) is 0 Å². The van der Waals surface area contributed by atoms with Crippen LogP contribution in [0.1, 0.15) is 27.0 Å². The minimum absolute atomic E-state index is 0.176. The molecule has 0 saturated heterocycles. The number of hydrogen-bond donors (Lipinski definition) is 0. The lowest BCUT2D eigenvalue weighted by Crippen LogP contribution is -2.20. The van der Waals surface area contributed by atoms with Crippen LogP contribution in [-0.2, 0) is 9.53 Å². The van der Waals surface area contributed by atoms with Crippen LogP contribution in [0.3, 0.4) is 0 Å². The summed E-state index contributed by atoms with van der Waals surface area (Å²) in [6.07, 6.45) is 0. The summed E-state index contributed by atoms with van der Waals surface area (Å²) in [6.45, 7) is 1.28. The molecule has 0 saturated carbocycles. The van der Waals surface area contributed by atoms with Gasteiger partial charge in [0.1, 0.15) is 5.01 Å². The molecule has 0 unspecified atom stereocenters. The molecule has 1 aromatic carbocycles. The third kappa shape index (κ3) is 3.70. The summed E-state index contributed by atoms with van der Waals surface area (Å²) in [5.41, 5.74) is 0.914. The minimum atomic E-state index is -1.03. The van der Waals surface area contributed by atoms with E-state index in [2.05, 4.69) is 4.98 Å². The number of halogens is 1. The molecule has 22 heavy (non-hydrogen) atoms. The predicted octanol–water partition coefficient (Wildman–Crippen LogP) is 3.14. The molecule has 1 aromatic heterocycles. The van der Waals surface area contributed by atoms with Crippen LogP contribution in [-0.4, -0.2) is 23.3 Å². The quantitative estimate of drug-likeness (QED) is 0.785. The van der Waals surface area contributed by atoms with E-state index < -0.39 is 24.3 Å². The fraction of sp³-hybridized carbons (Fsp3) is 0.200. The van der Waals surface area contributed by atoms with Crippen LogP contribution in [0.25, 0.3) is 0 Å². The molecule has 0 N–H and O–H groups in total. The first-order valence-electron chi connectivity index (χ1n) is 6.29. The molecule has 5 nitrogen and oxygen atoms in total. The number of esters is 1. The third-order valence-electron chi connectivity index (χ3n) is 2.77. The van der Waals surface area contributed by atoms with Gasteiger partial charge in [0.2, 0.25) is 0 Å². The molecule has 0 bridgehead atoms. The summed E-state index contributed by atoms with van der Waals surface area (Å²) in [6, 6.07) is 8.26. The van der Waals surface area contributed by atoms with E-state index >= 15 is 0 Å². The van der Waals surface area contributed by atoms with Crippen molar-refractivity contribution in [3.05, 3.63) is 50.9 Å². The van der Waals surface area contributed by atoms with Crippen LogP contribution in [0.2, 0.25) is 5.02 Å². The molecule has 7 heteroatoms. The Bertz CT molecular complexity index is 751. The Hall–Kier alpha value is -2.23. The van der Waals surface area contributed by atoms with Gasteiger partial charge in [0.15, 0.2) is 18.3 Å². The number of aryl methyl sites for hydroxylation is 1. The highest BCUT2D eigenvalue weighted by Gasteiger charge is 2.25. The second kappa shape index (κ2) is 7.16. The molecular weight excluding hydrogens is 324 g/mol. The monoisotopic (exact) mass is 334 g/mol. The van der Waals surface area contributed by atoms with Crippen molar-refractivity contribution in [2.75, 3.05) is 6.61 Å². The van der Waals surface area contributed by atoms with Crippen LogP contribution in [0, 0.1) is 18.3 Å². The third-order valence-corrected chi connectivity index (χ3v) is 4.13. The number of nitriles is 1. The first-order valence-corrected chi connectivity index (χ1v) is 7.54. The topological polar surface area (TPSA) is 80.0 Å². The van der Waals surface area contributed by atoms with Gasteiger partial charge in [0, 0.05) is 11.1 Å². The second-order valence-electron chi connectivity index (χ2n) is 4.41. The number of benzene rings is 1. The summed E-state index contributed by atoms with van der Waals surface area (Å²) in [7, 11) is 0. The minimum Gasteiger partial charge on any atom is -0.454 e. The average Bonchev–Trinajstić information content (AvgIpc) is 2.92. The smallest absolute Gasteiger partial charge is 0.340 e. The van der Waals surface area contributed by atoms with Gasteiger partial charge in [0.05, 0.1) is 16.7 Å². The molecule has 0 spiro atoms. The fourth-order valence-electron chi connectivity index (χ4n) is 1.69. The maximum Gasteiger partial charge on any atom is 0.340 e. The van der Waals surface area contributed by atoms with Crippen molar-refractivity contribution in [3.8, 4) is 6.07 Å². The second-order valence-corrected chi connectivity index (χ2v) is 5.71. The van der Waals surface area contributed by atoms with E-state index in [4.69, 9.17) is 21.6 Å². The molecule has 2 rings (SSSR count). The molecule has 0 aliphatic rings. The van der Waals surface area contributed by atoms with Gasteiger partial charge in [-0.3, -0.25) is 4.79 Å². The van der Waals surface area contributed by atoms with Crippen molar-refractivity contribution in [1.29, 1.82) is 5.26 Å². The van der Waals surface area contributed by atoms with E-state index in [1.165, 1.54) is 17.4 Å². The van der Waals surface area contributed by atoms with Gasteiger partial charge in [-0.05, 0) is 19.1 Å². The van der Waals surface area contributed by atoms with Crippen LogP contribution >= 0.6 is 22.9 Å². The lowest BCUT2D eigenvalue weighted by atomic mass is 10.1. The zero-order valence-corrected chi connectivity index (χ0v) is 13.1. The summed E-state index contributed by atoms with van der Waals surface area (Å²) < 4.78 is 4.93. The number of rotatable bonds is 5. The van der Waals surface area contributed by atoms with E-state index in [-0.39, 0.29) is 10.6 Å². The van der Waals surface area contributed by atoms with E-state index in [0.717, 1.165) is 5.69 Å². The SMILES string of the molecule is Cc1csc([C@H](C#N)C(=O)COC(=O)c2ccccc2Cl)n1. The molecular formula is C15H11ClN2O3S. The molecule has 0 aliphatic carbocycles. The van der Waals surface area contributed by atoms with Gasteiger partial charge >= 0.3 is 5.97 Å². The molecule has 0 radical (unpaired) electrons. The van der Waals surface area contributed by atoms with Crippen molar-refractivity contribution in [2.45, 2.75) is 12.8 Å². The number of ether oxygens (including phenoxy) is 1. The Balaban J connectivity index is 2.02. The number of nitrogens with zero attached hydrogens (tertiary/aromatic N) is 2. The first-order chi connectivity index (χ1) is 10.5.